The minimum atomic E-state index is -4.40. The second-order valence-electron chi connectivity index (χ2n) is 6.78. The number of rotatable bonds is 1. The first-order valence-electron chi connectivity index (χ1n) is 8.30. The van der Waals surface area contributed by atoms with E-state index in [1.807, 2.05) is 4.90 Å². The van der Waals surface area contributed by atoms with E-state index in [1.165, 1.54) is 12.1 Å². The number of nitrogens with zero attached hydrogens (tertiary/aromatic N) is 2. The first-order valence-corrected chi connectivity index (χ1v) is 9.95. The zero-order chi connectivity index (χ0) is 20.3. The maximum atomic E-state index is 12.7. The number of hydrogen-bond donors (Lipinski definition) is 1. The van der Waals surface area contributed by atoms with E-state index < -0.39 is 26.3 Å². The summed E-state index contributed by atoms with van der Waals surface area (Å²) in [6.45, 7) is 4.15. The molecule has 9 heteroatoms. The summed E-state index contributed by atoms with van der Waals surface area (Å²) in [5, 5.41) is 3.00. The van der Waals surface area contributed by atoms with Gasteiger partial charge < -0.3 is 10.2 Å². The highest BCUT2D eigenvalue weighted by atomic mass is 32.2. The van der Waals surface area contributed by atoms with Gasteiger partial charge in [0.25, 0.3) is 0 Å². The molecule has 1 aliphatic heterocycles. The van der Waals surface area contributed by atoms with Crippen LogP contribution in [-0.2, 0) is 16.0 Å². The zero-order valence-electron chi connectivity index (χ0n) is 15.4. The molecule has 1 N–H and O–H groups in total. The molecule has 2 rings (SSSR count). The summed E-state index contributed by atoms with van der Waals surface area (Å²) in [6, 6.07) is 4.82. The van der Waals surface area contributed by atoms with E-state index in [9.17, 15) is 21.6 Å². The molecule has 0 saturated carbocycles. The SMILES string of the molecule is CN=C(NCC#Cc1cccc(C(F)(F)F)c1)N1CCS(=O)(=O)C(C)(C)C1. The van der Waals surface area contributed by atoms with Crippen LogP contribution in [0.3, 0.4) is 0 Å². The van der Waals surface area contributed by atoms with Crippen molar-refractivity contribution in [2.45, 2.75) is 24.8 Å². The number of nitrogens with one attached hydrogen (secondary N) is 1. The van der Waals surface area contributed by atoms with Crippen LogP contribution >= 0.6 is 0 Å². The summed E-state index contributed by atoms with van der Waals surface area (Å²) in [7, 11) is -1.58. The molecular formula is C18H22F3N3O2S. The molecule has 0 amide bonds. The van der Waals surface area contributed by atoms with Crippen molar-refractivity contribution in [1.82, 2.24) is 10.2 Å². The van der Waals surface area contributed by atoms with E-state index in [2.05, 4.69) is 22.2 Å². The summed E-state index contributed by atoms with van der Waals surface area (Å²) >= 11 is 0. The Morgan fingerprint density at radius 1 is 1.37 bits per heavy atom. The number of alkyl halides is 3. The first kappa shape index (κ1) is 21.1. The highest BCUT2D eigenvalue weighted by Crippen LogP contribution is 2.29. The van der Waals surface area contributed by atoms with Crippen LogP contribution in [0.4, 0.5) is 13.2 Å². The standard InChI is InChI=1S/C18H22F3N3O2S/c1-17(2)13-24(10-11-27(17,25)26)16(22-3)23-9-5-7-14-6-4-8-15(12-14)18(19,20)21/h4,6,8,12H,9-11,13H2,1-3H3,(H,22,23). The topological polar surface area (TPSA) is 61.8 Å². The predicted molar refractivity (Wildman–Crippen MR) is 99.1 cm³/mol. The molecule has 0 spiro atoms. The molecule has 0 bridgehead atoms. The summed E-state index contributed by atoms with van der Waals surface area (Å²) in [5.74, 6) is 6.00. The second kappa shape index (κ2) is 7.80. The van der Waals surface area contributed by atoms with Gasteiger partial charge in [-0.05, 0) is 32.0 Å². The van der Waals surface area contributed by atoms with Crippen molar-refractivity contribution in [2.75, 3.05) is 32.4 Å². The average molecular weight is 401 g/mol. The third-order valence-corrected chi connectivity index (χ3v) is 6.85. The van der Waals surface area contributed by atoms with Gasteiger partial charge in [0, 0.05) is 25.7 Å². The summed E-state index contributed by atoms with van der Waals surface area (Å²) in [5.41, 5.74) is -0.471. The second-order valence-corrected chi connectivity index (χ2v) is 9.52. The van der Waals surface area contributed by atoms with E-state index in [0.717, 1.165) is 12.1 Å². The number of sulfone groups is 1. The number of guanidine groups is 1. The van der Waals surface area contributed by atoms with Crippen LogP contribution in [0.25, 0.3) is 0 Å². The summed E-state index contributed by atoms with van der Waals surface area (Å²) in [6.07, 6.45) is -4.40. The van der Waals surface area contributed by atoms with Gasteiger partial charge in [0.05, 0.1) is 22.6 Å². The molecule has 27 heavy (non-hydrogen) atoms. The maximum Gasteiger partial charge on any atom is 0.416 e. The largest absolute Gasteiger partial charge is 0.416 e. The van der Waals surface area contributed by atoms with Crippen molar-refractivity contribution >= 4 is 15.8 Å². The molecule has 1 aliphatic rings. The van der Waals surface area contributed by atoms with E-state index in [0.29, 0.717) is 19.0 Å². The molecule has 0 atom stereocenters. The third-order valence-electron chi connectivity index (χ3n) is 4.31. The smallest absolute Gasteiger partial charge is 0.345 e. The fraction of sp³-hybridized carbons (Fsp3) is 0.500. The predicted octanol–water partition coefficient (Wildman–Crippen LogP) is 2.14. The normalized spacial score (nSPS) is 19.2. The van der Waals surface area contributed by atoms with Gasteiger partial charge in [-0.1, -0.05) is 17.9 Å². The number of hydrogen-bond acceptors (Lipinski definition) is 3. The lowest BCUT2D eigenvalue weighted by Crippen LogP contribution is -2.57. The van der Waals surface area contributed by atoms with E-state index in [4.69, 9.17) is 0 Å². The quantitative estimate of drug-likeness (QED) is 0.445. The van der Waals surface area contributed by atoms with Crippen molar-refractivity contribution in [1.29, 1.82) is 0 Å². The Bertz CT molecular complexity index is 881. The van der Waals surface area contributed by atoms with E-state index >= 15 is 0 Å². The van der Waals surface area contributed by atoms with Gasteiger partial charge in [-0.15, -0.1) is 0 Å². The van der Waals surface area contributed by atoms with Gasteiger partial charge in [0.15, 0.2) is 15.8 Å². The van der Waals surface area contributed by atoms with Gasteiger partial charge in [-0.25, -0.2) is 8.42 Å². The zero-order valence-corrected chi connectivity index (χ0v) is 16.2. The van der Waals surface area contributed by atoms with Crippen molar-refractivity contribution in [3.8, 4) is 11.8 Å². The van der Waals surface area contributed by atoms with Gasteiger partial charge in [-0.3, -0.25) is 4.99 Å². The van der Waals surface area contributed by atoms with Crippen molar-refractivity contribution in [2.24, 2.45) is 4.99 Å². The van der Waals surface area contributed by atoms with Gasteiger partial charge >= 0.3 is 6.18 Å². The Balaban J connectivity index is 2.00. The molecule has 1 fully saturated rings. The van der Waals surface area contributed by atoms with Gasteiger partial charge in [0.1, 0.15) is 0 Å². The Kier molecular flexibility index (Phi) is 6.10. The molecule has 0 aliphatic carbocycles. The molecule has 1 aromatic rings. The third kappa shape index (κ3) is 5.16. The molecule has 5 nitrogen and oxygen atoms in total. The van der Waals surface area contributed by atoms with Crippen LogP contribution in [0.1, 0.15) is 25.0 Å². The Morgan fingerprint density at radius 3 is 2.67 bits per heavy atom. The molecule has 0 unspecified atom stereocenters. The van der Waals surface area contributed by atoms with Crippen LogP contribution in [-0.4, -0.2) is 56.5 Å². The summed E-state index contributed by atoms with van der Waals surface area (Å²) < 4.78 is 61.4. The molecule has 1 heterocycles. The maximum absolute atomic E-state index is 12.7. The lowest BCUT2D eigenvalue weighted by molar-refractivity contribution is -0.137. The number of aliphatic imine (C=N–C) groups is 1. The van der Waals surface area contributed by atoms with Gasteiger partial charge in [-0.2, -0.15) is 13.2 Å². The monoisotopic (exact) mass is 401 g/mol. The Labute approximate surface area is 157 Å². The molecule has 1 saturated heterocycles. The van der Waals surface area contributed by atoms with Crippen LogP contribution in [0.15, 0.2) is 29.3 Å². The highest BCUT2D eigenvalue weighted by Gasteiger charge is 2.40. The van der Waals surface area contributed by atoms with Gasteiger partial charge in [0.2, 0.25) is 0 Å². The van der Waals surface area contributed by atoms with E-state index in [1.54, 1.807) is 20.9 Å². The molecule has 1 aromatic carbocycles. The van der Waals surface area contributed by atoms with Crippen molar-refractivity contribution in [3.63, 3.8) is 0 Å². The number of halogens is 3. The lowest BCUT2D eigenvalue weighted by atomic mass is 10.1. The Hall–Kier alpha value is -2.21. The van der Waals surface area contributed by atoms with Crippen molar-refractivity contribution in [3.05, 3.63) is 35.4 Å². The van der Waals surface area contributed by atoms with Crippen LogP contribution in [0, 0.1) is 11.8 Å². The van der Waals surface area contributed by atoms with E-state index in [-0.39, 0.29) is 17.9 Å². The average Bonchev–Trinajstić information content (AvgIpc) is 2.57. The fourth-order valence-electron chi connectivity index (χ4n) is 2.70. The van der Waals surface area contributed by atoms with Crippen molar-refractivity contribution < 1.29 is 21.6 Å². The molecule has 148 valence electrons. The summed E-state index contributed by atoms with van der Waals surface area (Å²) in [4.78, 5) is 5.98. The lowest BCUT2D eigenvalue weighted by Gasteiger charge is -2.39. The fourth-order valence-corrected chi connectivity index (χ4v) is 4.07. The van der Waals surface area contributed by atoms with Crippen LogP contribution < -0.4 is 5.32 Å². The number of benzene rings is 1. The minimum Gasteiger partial charge on any atom is -0.345 e. The Morgan fingerprint density at radius 2 is 2.07 bits per heavy atom. The van der Waals surface area contributed by atoms with Crippen LogP contribution in [0.2, 0.25) is 0 Å². The molecular weight excluding hydrogens is 379 g/mol. The minimum absolute atomic E-state index is 0.0383. The van der Waals surface area contributed by atoms with Crippen LogP contribution in [0.5, 0.6) is 0 Å². The highest BCUT2D eigenvalue weighted by molar-refractivity contribution is 7.92. The molecule has 0 aromatic heterocycles. The first-order chi connectivity index (χ1) is 12.5. The molecule has 0 radical (unpaired) electrons.